The van der Waals surface area contributed by atoms with Gasteiger partial charge < -0.3 is 0 Å². The third-order valence-corrected chi connectivity index (χ3v) is 13.8. The standard InChI is InChI=1S/C40H52N2/c1-24-9-6-10-25(2)37-35-23-29(36-21-19-28-17-16-27-11-8-22-41-39(27)40(28)42-36)18-20-33(35)34-15-7-14-32(38(34)37)26(3)31-13-5-4-12-30(24)31/h8,11,16-17,19,21-22,24-25,29-35,37-38H,3-7,9-10,12-15,18,20,23H2,1-2H3. The molecule has 0 spiro atoms. The predicted octanol–water partition coefficient (Wildman–Crippen LogP) is 10.8. The summed E-state index contributed by atoms with van der Waals surface area (Å²) in [5, 5.41) is 2.42. The van der Waals surface area contributed by atoms with E-state index in [9.17, 15) is 0 Å². The Morgan fingerprint density at radius 1 is 0.619 bits per heavy atom. The Kier molecular flexibility index (Phi) is 7.19. The zero-order valence-corrected chi connectivity index (χ0v) is 26.2. The van der Waals surface area contributed by atoms with E-state index in [1.807, 2.05) is 12.3 Å². The van der Waals surface area contributed by atoms with E-state index in [1.54, 1.807) is 5.57 Å². The fraction of sp³-hybridized carbons (Fsp3) is 0.650. The zero-order chi connectivity index (χ0) is 28.4. The van der Waals surface area contributed by atoms with Crippen molar-refractivity contribution in [3.63, 3.8) is 0 Å². The second-order valence-electron chi connectivity index (χ2n) is 15.7. The number of nitrogens with zero attached hydrogens (tertiary/aromatic N) is 2. The van der Waals surface area contributed by atoms with Crippen molar-refractivity contribution in [2.24, 2.45) is 59.2 Å². The van der Waals surface area contributed by atoms with Crippen molar-refractivity contribution in [2.75, 3.05) is 0 Å². The maximum absolute atomic E-state index is 5.39. The van der Waals surface area contributed by atoms with Gasteiger partial charge in [0.1, 0.15) is 0 Å². The first-order valence-corrected chi connectivity index (χ1v) is 17.9. The molecule has 5 aliphatic carbocycles. The Morgan fingerprint density at radius 2 is 1.36 bits per heavy atom. The number of benzene rings is 1. The number of pyridine rings is 2. The van der Waals surface area contributed by atoms with E-state index in [4.69, 9.17) is 16.5 Å². The molecule has 2 nitrogen and oxygen atoms in total. The summed E-state index contributed by atoms with van der Waals surface area (Å²) >= 11 is 0. The number of rotatable bonds is 1. The highest BCUT2D eigenvalue weighted by Crippen LogP contribution is 2.64. The van der Waals surface area contributed by atoms with Crippen LogP contribution in [0.3, 0.4) is 0 Å². The van der Waals surface area contributed by atoms with Crippen LogP contribution in [0.2, 0.25) is 0 Å². The molecule has 11 unspecified atom stereocenters. The minimum atomic E-state index is 0.588. The molecule has 5 saturated carbocycles. The van der Waals surface area contributed by atoms with Crippen LogP contribution in [-0.4, -0.2) is 9.97 Å². The average molecular weight is 561 g/mol. The molecule has 2 heteroatoms. The van der Waals surface area contributed by atoms with Gasteiger partial charge in [-0.05, 0) is 116 Å². The average Bonchev–Trinajstić information content (AvgIpc) is 3.37. The summed E-state index contributed by atoms with van der Waals surface area (Å²) in [6, 6.07) is 13.3. The Balaban J connectivity index is 1.14. The lowest BCUT2D eigenvalue weighted by atomic mass is 9.60. The van der Waals surface area contributed by atoms with Crippen LogP contribution in [0, 0.1) is 59.2 Å². The second kappa shape index (κ2) is 11.0. The molecular weight excluding hydrogens is 508 g/mol. The molecule has 0 bridgehead atoms. The Bertz CT molecular complexity index is 1460. The Hall–Kier alpha value is -2.22. The summed E-state index contributed by atoms with van der Waals surface area (Å²) < 4.78 is 0. The first-order chi connectivity index (χ1) is 20.6. The molecule has 222 valence electrons. The lowest BCUT2D eigenvalue weighted by molar-refractivity contribution is 0.0997. The SMILES string of the molecule is C=C1C2CCCCC2C(C)CCCC(C)C2C3CC(c4ccc5ccc6cccnc6c5n4)CCC3C3CCCC1C32. The van der Waals surface area contributed by atoms with Gasteiger partial charge in [0.05, 0.1) is 11.0 Å². The van der Waals surface area contributed by atoms with E-state index in [0.717, 1.165) is 70.2 Å². The molecule has 5 fully saturated rings. The molecule has 11 atom stereocenters. The highest BCUT2D eigenvalue weighted by atomic mass is 14.8. The summed E-state index contributed by atoms with van der Waals surface area (Å²) in [6.45, 7) is 10.3. The van der Waals surface area contributed by atoms with Crippen LogP contribution in [0.25, 0.3) is 21.8 Å². The van der Waals surface area contributed by atoms with E-state index in [0.29, 0.717) is 5.92 Å². The van der Waals surface area contributed by atoms with E-state index < -0.39 is 0 Å². The maximum Gasteiger partial charge on any atom is 0.0967 e. The van der Waals surface area contributed by atoms with Gasteiger partial charge in [0.2, 0.25) is 0 Å². The molecule has 2 aromatic heterocycles. The first kappa shape index (κ1) is 27.3. The Labute approximate surface area is 254 Å². The molecule has 0 saturated heterocycles. The number of aromatic nitrogens is 2. The fourth-order valence-electron chi connectivity index (χ4n) is 12.0. The molecule has 5 aliphatic rings. The predicted molar refractivity (Wildman–Crippen MR) is 175 cm³/mol. The topological polar surface area (TPSA) is 25.8 Å². The highest BCUT2D eigenvalue weighted by molar-refractivity contribution is 6.02. The van der Waals surface area contributed by atoms with Gasteiger partial charge in [-0.2, -0.15) is 0 Å². The summed E-state index contributed by atoms with van der Waals surface area (Å²) in [6.07, 6.45) is 20.4. The summed E-state index contributed by atoms with van der Waals surface area (Å²) in [7, 11) is 0. The van der Waals surface area contributed by atoms with Gasteiger partial charge in [0.15, 0.2) is 0 Å². The van der Waals surface area contributed by atoms with Crippen molar-refractivity contribution >= 4 is 21.8 Å². The molecular formula is C40H52N2. The normalized spacial score (nSPS) is 40.6. The molecule has 0 amide bonds. The summed E-state index contributed by atoms with van der Waals surface area (Å²) in [4.78, 5) is 10.2. The van der Waals surface area contributed by atoms with Crippen LogP contribution in [0.15, 0.2) is 54.7 Å². The van der Waals surface area contributed by atoms with Gasteiger partial charge in [-0.15, -0.1) is 0 Å². The molecule has 3 aromatic rings. The van der Waals surface area contributed by atoms with Gasteiger partial charge in [-0.3, -0.25) is 9.97 Å². The van der Waals surface area contributed by atoms with E-state index >= 15 is 0 Å². The van der Waals surface area contributed by atoms with Gasteiger partial charge in [-0.1, -0.05) is 88.8 Å². The minimum Gasteiger partial charge on any atom is -0.254 e. The van der Waals surface area contributed by atoms with Gasteiger partial charge in [-0.25, -0.2) is 0 Å². The van der Waals surface area contributed by atoms with Crippen LogP contribution in [-0.2, 0) is 0 Å². The van der Waals surface area contributed by atoms with Crippen LogP contribution in [0.1, 0.15) is 109 Å². The molecule has 0 radical (unpaired) electrons. The van der Waals surface area contributed by atoms with E-state index in [-0.39, 0.29) is 0 Å². The van der Waals surface area contributed by atoms with Crippen molar-refractivity contribution in [1.29, 1.82) is 0 Å². The van der Waals surface area contributed by atoms with E-state index in [2.05, 4.69) is 44.2 Å². The molecule has 8 rings (SSSR count). The highest BCUT2D eigenvalue weighted by Gasteiger charge is 2.57. The van der Waals surface area contributed by atoms with Crippen LogP contribution in [0.5, 0.6) is 0 Å². The van der Waals surface area contributed by atoms with Gasteiger partial charge in [0, 0.05) is 28.6 Å². The van der Waals surface area contributed by atoms with Gasteiger partial charge >= 0.3 is 0 Å². The molecule has 42 heavy (non-hydrogen) atoms. The lowest BCUT2D eigenvalue weighted by Gasteiger charge is -2.45. The van der Waals surface area contributed by atoms with Crippen molar-refractivity contribution in [3.8, 4) is 0 Å². The molecule has 1 aromatic carbocycles. The second-order valence-corrected chi connectivity index (χ2v) is 15.7. The van der Waals surface area contributed by atoms with Crippen molar-refractivity contribution in [3.05, 3.63) is 60.4 Å². The van der Waals surface area contributed by atoms with Crippen molar-refractivity contribution in [1.82, 2.24) is 9.97 Å². The number of hydrogen-bond acceptors (Lipinski definition) is 2. The van der Waals surface area contributed by atoms with Gasteiger partial charge in [0.25, 0.3) is 0 Å². The third-order valence-electron chi connectivity index (χ3n) is 13.8. The van der Waals surface area contributed by atoms with Crippen molar-refractivity contribution in [2.45, 2.75) is 103 Å². The summed E-state index contributed by atoms with van der Waals surface area (Å²) in [5.74, 6) is 9.29. The molecule has 2 heterocycles. The number of fused-ring (bicyclic) bond motifs is 7. The van der Waals surface area contributed by atoms with E-state index in [1.165, 1.54) is 99.9 Å². The lowest BCUT2D eigenvalue weighted by Crippen LogP contribution is -2.37. The minimum absolute atomic E-state index is 0.588. The van der Waals surface area contributed by atoms with Crippen molar-refractivity contribution < 1.29 is 0 Å². The third kappa shape index (κ3) is 4.48. The maximum atomic E-state index is 5.39. The fourth-order valence-corrected chi connectivity index (χ4v) is 12.0. The quantitative estimate of drug-likeness (QED) is 0.218. The largest absolute Gasteiger partial charge is 0.254 e. The zero-order valence-electron chi connectivity index (χ0n) is 26.2. The summed E-state index contributed by atoms with van der Waals surface area (Å²) in [5.41, 5.74) is 5.22. The Morgan fingerprint density at radius 3 is 2.26 bits per heavy atom. The van der Waals surface area contributed by atoms with Crippen LogP contribution in [0.4, 0.5) is 0 Å². The van der Waals surface area contributed by atoms with Crippen LogP contribution >= 0.6 is 0 Å². The number of hydrogen-bond donors (Lipinski definition) is 0. The van der Waals surface area contributed by atoms with Crippen LogP contribution < -0.4 is 0 Å². The molecule has 0 aliphatic heterocycles. The number of allylic oxidation sites excluding steroid dienone is 1. The monoisotopic (exact) mass is 560 g/mol. The smallest absolute Gasteiger partial charge is 0.0967 e. The molecule has 0 N–H and O–H groups in total. The first-order valence-electron chi connectivity index (χ1n) is 17.9.